The van der Waals surface area contributed by atoms with Crippen LogP contribution >= 0.6 is 11.8 Å². The summed E-state index contributed by atoms with van der Waals surface area (Å²) in [5.41, 5.74) is 0.690. The zero-order chi connectivity index (χ0) is 13.1. The number of nitrogens with zero attached hydrogens (tertiary/aromatic N) is 3. The van der Waals surface area contributed by atoms with E-state index in [2.05, 4.69) is 15.1 Å². The number of benzene rings is 1. The molecule has 1 fully saturated rings. The maximum Gasteiger partial charge on any atom is 0.347 e. The molecule has 0 aliphatic carbocycles. The molecule has 1 aromatic carbocycles. The van der Waals surface area contributed by atoms with Crippen molar-refractivity contribution in [2.45, 2.75) is 6.54 Å². The van der Waals surface area contributed by atoms with Gasteiger partial charge in [-0.05, 0) is 12.1 Å². The lowest BCUT2D eigenvalue weighted by Crippen LogP contribution is -2.33. The Bertz CT molecular complexity index is 586. The number of hydrogen-bond acceptors (Lipinski definition) is 4. The van der Waals surface area contributed by atoms with Gasteiger partial charge in [-0.3, -0.25) is 4.90 Å². The lowest BCUT2D eigenvalue weighted by molar-refractivity contribution is 0.285. The summed E-state index contributed by atoms with van der Waals surface area (Å²) >= 11 is 1.98. The van der Waals surface area contributed by atoms with Crippen LogP contribution in [0.15, 0.2) is 35.1 Å². The highest BCUT2D eigenvalue weighted by atomic mass is 32.2. The maximum atomic E-state index is 11.9. The van der Waals surface area contributed by atoms with E-state index < -0.39 is 0 Å². The van der Waals surface area contributed by atoms with Gasteiger partial charge in [-0.2, -0.15) is 16.9 Å². The first kappa shape index (κ1) is 12.5. The zero-order valence-electron chi connectivity index (χ0n) is 10.6. The number of aromatic amines is 1. The molecule has 5 nitrogen and oxygen atoms in total. The van der Waals surface area contributed by atoms with E-state index >= 15 is 0 Å². The van der Waals surface area contributed by atoms with Gasteiger partial charge in [0.25, 0.3) is 0 Å². The quantitative estimate of drug-likeness (QED) is 0.912. The average molecular weight is 276 g/mol. The molecule has 1 aromatic heterocycles. The van der Waals surface area contributed by atoms with Crippen molar-refractivity contribution in [1.29, 1.82) is 0 Å². The summed E-state index contributed by atoms with van der Waals surface area (Å²) in [6.07, 6.45) is 0. The third-order valence-corrected chi connectivity index (χ3v) is 4.17. The van der Waals surface area contributed by atoms with Gasteiger partial charge in [0.2, 0.25) is 0 Å². The van der Waals surface area contributed by atoms with Gasteiger partial charge in [0.05, 0.1) is 12.2 Å². The number of aromatic nitrogens is 3. The third kappa shape index (κ3) is 2.74. The van der Waals surface area contributed by atoms with Crippen molar-refractivity contribution in [3.8, 4) is 5.69 Å². The second-order valence-electron chi connectivity index (χ2n) is 4.50. The van der Waals surface area contributed by atoms with Crippen LogP contribution in [0, 0.1) is 0 Å². The van der Waals surface area contributed by atoms with E-state index in [4.69, 9.17) is 0 Å². The Hall–Kier alpha value is -1.53. The monoisotopic (exact) mass is 276 g/mol. The minimum atomic E-state index is -0.174. The molecule has 100 valence electrons. The number of nitrogens with one attached hydrogen (secondary N) is 1. The maximum absolute atomic E-state index is 11.9. The molecule has 1 N–H and O–H groups in total. The molecule has 0 unspecified atom stereocenters. The molecule has 0 saturated carbocycles. The summed E-state index contributed by atoms with van der Waals surface area (Å²) in [4.78, 5) is 14.2. The lowest BCUT2D eigenvalue weighted by Gasteiger charge is -2.25. The number of para-hydroxylation sites is 1. The number of H-pyrrole nitrogens is 1. The largest absolute Gasteiger partial charge is 0.347 e. The SMILES string of the molecule is O=c1[nH]nc(CN2CCSCC2)n1-c1ccccc1. The molecule has 0 bridgehead atoms. The van der Waals surface area contributed by atoms with Gasteiger partial charge in [-0.1, -0.05) is 18.2 Å². The van der Waals surface area contributed by atoms with Gasteiger partial charge < -0.3 is 0 Å². The molecule has 0 atom stereocenters. The fraction of sp³-hybridized carbons (Fsp3) is 0.385. The van der Waals surface area contributed by atoms with E-state index in [1.807, 2.05) is 42.1 Å². The van der Waals surface area contributed by atoms with E-state index in [-0.39, 0.29) is 5.69 Å². The summed E-state index contributed by atoms with van der Waals surface area (Å²) < 4.78 is 1.65. The summed E-state index contributed by atoms with van der Waals surface area (Å²) in [6, 6.07) is 9.64. The van der Waals surface area contributed by atoms with Crippen LogP contribution in [-0.4, -0.2) is 44.3 Å². The van der Waals surface area contributed by atoms with E-state index in [0.717, 1.165) is 36.1 Å². The molecule has 1 aliphatic rings. The van der Waals surface area contributed by atoms with Crippen molar-refractivity contribution in [3.63, 3.8) is 0 Å². The van der Waals surface area contributed by atoms with Crippen LogP contribution in [0.4, 0.5) is 0 Å². The zero-order valence-corrected chi connectivity index (χ0v) is 11.4. The van der Waals surface area contributed by atoms with Gasteiger partial charge >= 0.3 is 5.69 Å². The first-order valence-electron chi connectivity index (χ1n) is 6.36. The Morgan fingerprint density at radius 3 is 2.68 bits per heavy atom. The molecule has 2 heterocycles. The Balaban J connectivity index is 1.88. The third-order valence-electron chi connectivity index (χ3n) is 3.22. The smallest absolute Gasteiger partial charge is 0.294 e. The van der Waals surface area contributed by atoms with Crippen LogP contribution in [0.1, 0.15) is 5.82 Å². The van der Waals surface area contributed by atoms with Gasteiger partial charge in [-0.15, -0.1) is 0 Å². The standard InChI is InChI=1S/C13H16N4OS/c18-13-15-14-12(10-16-6-8-19-9-7-16)17(13)11-4-2-1-3-5-11/h1-5H,6-10H2,(H,15,18). The number of rotatable bonds is 3. The molecule has 6 heteroatoms. The van der Waals surface area contributed by atoms with Crippen molar-refractivity contribution in [1.82, 2.24) is 19.7 Å². The summed E-state index contributed by atoms with van der Waals surface area (Å²) in [5, 5.41) is 6.71. The van der Waals surface area contributed by atoms with E-state index in [0.29, 0.717) is 6.54 Å². The number of hydrogen-bond donors (Lipinski definition) is 1. The summed E-state index contributed by atoms with van der Waals surface area (Å²) in [5.74, 6) is 3.09. The topological polar surface area (TPSA) is 53.9 Å². The molecule has 3 rings (SSSR count). The first-order valence-corrected chi connectivity index (χ1v) is 7.52. The predicted octanol–water partition coefficient (Wildman–Crippen LogP) is 1.11. The molecule has 1 saturated heterocycles. The van der Waals surface area contributed by atoms with Crippen LogP contribution in [-0.2, 0) is 6.54 Å². The van der Waals surface area contributed by atoms with Crippen molar-refractivity contribution in [2.24, 2.45) is 0 Å². The molecular weight excluding hydrogens is 260 g/mol. The van der Waals surface area contributed by atoms with Gasteiger partial charge in [-0.25, -0.2) is 14.5 Å². The van der Waals surface area contributed by atoms with E-state index in [9.17, 15) is 4.79 Å². The second kappa shape index (κ2) is 5.63. The average Bonchev–Trinajstić information content (AvgIpc) is 2.82. The molecule has 0 spiro atoms. The highest BCUT2D eigenvalue weighted by Gasteiger charge is 2.16. The lowest BCUT2D eigenvalue weighted by atomic mass is 10.3. The molecule has 0 radical (unpaired) electrons. The van der Waals surface area contributed by atoms with Crippen LogP contribution in [0.2, 0.25) is 0 Å². The molecule has 19 heavy (non-hydrogen) atoms. The van der Waals surface area contributed by atoms with Crippen LogP contribution in [0.5, 0.6) is 0 Å². The van der Waals surface area contributed by atoms with Crippen LogP contribution in [0.3, 0.4) is 0 Å². The summed E-state index contributed by atoms with van der Waals surface area (Å²) in [7, 11) is 0. The number of thioether (sulfide) groups is 1. The highest BCUT2D eigenvalue weighted by molar-refractivity contribution is 7.99. The predicted molar refractivity (Wildman–Crippen MR) is 76.8 cm³/mol. The Kier molecular flexibility index (Phi) is 3.70. The van der Waals surface area contributed by atoms with Crippen molar-refractivity contribution in [2.75, 3.05) is 24.6 Å². The fourth-order valence-electron chi connectivity index (χ4n) is 2.24. The molecule has 0 amide bonds. The van der Waals surface area contributed by atoms with Gasteiger partial charge in [0.15, 0.2) is 5.82 Å². The minimum absolute atomic E-state index is 0.174. The normalized spacial score (nSPS) is 16.6. The van der Waals surface area contributed by atoms with Crippen molar-refractivity contribution >= 4 is 11.8 Å². The fourth-order valence-corrected chi connectivity index (χ4v) is 3.22. The molecule has 2 aromatic rings. The van der Waals surface area contributed by atoms with Crippen molar-refractivity contribution in [3.05, 3.63) is 46.6 Å². The van der Waals surface area contributed by atoms with E-state index in [1.54, 1.807) is 4.57 Å². The second-order valence-corrected chi connectivity index (χ2v) is 5.73. The highest BCUT2D eigenvalue weighted by Crippen LogP contribution is 2.13. The minimum Gasteiger partial charge on any atom is -0.294 e. The van der Waals surface area contributed by atoms with Crippen LogP contribution < -0.4 is 5.69 Å². The Morgan fingerprint density at radius 1 is 1.21 bits per heavy atom. The van der Waals surface area contributed by atoms with Gasteiger partial charge in [0, 0.05) is 24.6 Å². The van der Waals surface area contributed by atoms with Crippen molar-refractivity contribution < 1.29 is 0 Å². The Morgan fingerprint density at radius 2 is 1.95 bits per heavy atom. The van der Waals surface area contributed by atoms with Gasteiger partial charge in [0.1, 0.15) is 0 Å². The summed E-state index contributed by atoms with van der Waals surface area (Å²) in [6.45, 7) is 2.83. The van der Waals surface area contributed by atoms with Crippen LogP contribution in [0.25, 0.3) is 5.69 Å². The molecule has 1 aliphatic heterocycles. The first-order chi connectivity index (χ1) is 9.34. The molecular formula is C13H16N4OS. The van der Waals surface area contributed by atoms with E-state index in [1.165, 1.54) is 0 Å². The Labute approximate surface area is 115 Å².